The molecule has 1 N–H and O–H groups in total. The molecular formula is C27H29NO5. The maximum atomic E-state index is 11.5. The molecule has 1 saturated heterocycles. The maximum Gasteiger partial charge on any atom is 0.306 e. The van der Waals surface area contributed by atoms with Gasteiger partial charge in [-0.3, -0.25) is 9.69 Å². The highest BCUT2D eigenvalue weighted by Crippen LogP contribution is 2.42. The Morgan fingerprint density at radius 3 is 2.27 bits per heavy atom. The average Bonchev–Trinajstić information content (AvgIpc) is 2.85. The Morgan fingerprint density at radius 1 is 0.909 bits per heavy atom. The molecule has 172 valence electrons. The minimum absolute atomic E-state index is 0.135. The molecule has 3 aromatic rings. The molecule has 0 radical (unpaired) electrons. The number of methoxy groups -OCH3 is 2. The summed E-state index contributed by atoms with van der Waals surface area (Å²) >= 11 is 0. The molecule has 1 unspecified atom stereocenters. The SMILES string of the molecule is COc1cccc(C(c2cccc(Oc3ccccc3)c2)N2CCC(C(=O)O)CC2)c1OC. The van der Waals surface area contributed by atoms with E-state index in [0.717, 1.165) is 22.6 Å². The summed E-state index contributed by atoms with van der Waals surface area (Å²) in [5.74, 6) is 1.83. The van der Waals surface area contributed by atoms with Gasteiger partial charge < -0.3 is 19.3 Å². The molecule has 0 aromatic heterocycles. The first-order chi connectivity index (χ1) is 16.1. The first kappa shape index (κ1) is 22.7. The summed E-state index contributed by atoms with van der Waals surface area (Å²) in [6.45, 7) is 1.34. The molecule has 0 aliphatic carbocycles. The van der Waals surface area contributed by atoms with Gasteiger partial charge in [-0.15, -0.1) is 0 Å². The average molecular weight is 448 g/mol. The second-order valence-corrected chi connectivity index (χ2v) is 8.12. The van der Waals surface area contributed by atoms with Crippen LogP contribution in [-0.4, -0.2) is 43.3 Å². The third kappa shape index (κ3) is 5.12. The maximum absolute atomic E-state index is 11.5. The summed E-state index contributed by atoms with van der Waals surface area (Å²) in [4.78, 5) is 13.8. The fourth-order valence-corrected chi connectivity index (χ4v) is 4.49. The minimum Gasteiger partial charge on any atom is -0.493 e. The molecule has 3 aromatic carbocycles. The first-order valence-corrected chi connectivity index (χ1v) is 11.1. The number of para-hydroxylation sites is 2. The predicted molar refractivity (Wildman–Crippen MR) is 126 cm³/mol. The molecule has 0 amide bonds. The van der Waals surface area contributed by atoms with Crippen molar-refractivity contribution in [1.82, 2.24) is 4.90 Å². The summed E-state index contributed by atoms with van der Waals surface area (Å²) in [7, 11) is 3.27. The highest BCUT2D eigenvalue weighted by Gasteiger charge is 2.32. The van der Waals surface area contributed by atoms with Gasteiger partial charge in [-0.1, -0.05) is 42.5 Å². The lowest BCUT2D eigenvalue weighted by molar-refractivity contribution is -0.143. The van der Waals surface area contributed by atoms with Gasteiger partial charge in [0.1, 0.15) is 11.5 Å². The van der Waals surface area contributed by atoms with Crippen LogP contribution in [-0.2, 0) is 4.79 Å². The Labute approximate surface area is 194 Å². The van der Waals surface area contributed by atoms with E-state index in [9.17, 15) is 9.90 Å². The number of benzene rings is 3. The number of carboxylic acid groups (broad SMARTS) is 1. The van der Waals surface area contributed by atoms with E-state index in [2.05, 4.69) is 11.0 Å². The van der Waals surface area contributed by atoms with E-state index in [1.807, 2.05) is 66.7 Å². The molecule has 0 saturated carbocycles. The standard InChI is InChI=1S/C27H29NO5/c1-31-24-13-7-12-23(26(24)32-2)25(28-16-14-19(15-17-28)27(29)30)20-8-6-11-22(18-20)33-21-9-4-3-5-10-21/h3-13,18-19,25H,14-17H2,1-2H3,(H,29,30). The quantitative estimate of drug-likeness (QED) is 0.500. The van der Waals surface area contributed by atoms with Gasteiger partial charge in [0.05, 0.1) is 26.2 Å². The van der Waals surface area contributed by atoms with Crippen LogP contribution in [0.2, 0.25) is 0 Å². The molecule has 1 aliphatic heterocycles. The van der Waals surface area contributed by atoms with Crippen LogP contribution in [0.25, 0.3) is 0 Å². The lowest BCUT2D eigenvalue weighted by Crippen LogP contribution is -2.39. The highest BCUT2D eigenvalue weighted by molar-refractivity contribution is 5.70. The molecule has 1 heterocycles. The van der Waals surface area contributed by atoms with Crippen molar-refractivity contribution >= 4 is 5.97 Å². The van der Waals surface area contributed by atoms with Crippen molar-refractivity contribution in [2.24, 2.45) is 5.92 Å². The largest absolute Gasteiger partial charge is 0.493 e. The van der Waals surface area contributed by atoms with E-state index in [4.69, 9.17) is 14.2 Å². The van der Waals surface area contributed by atoms with Crippen molar-refractivity contribution in [1.29, 1.82) is 0 Å². The Bertz CT molecular complexity index is 1080. The minimum atomic E-state index is -0.719. The Kier molecular flexibility index (Phi) is 7.15. The molecule has 33 heavy (non-hydrogen) atoms. The number of hydrogen-bond acceptors (Lipinski definition) is 5. The zero-order chi connectivity index (χ0) is 23.2. The van der Waals surface area contributed by atoms with Crippen LogP contribution in [0.5, 0.6) is 23.0 Å². The molecule has 0 bridgehead atoms. The zero-order valence-electron chi connectivity index (χ0n) is 18.9. The molecule has 4 rings (SSSR count). The normalized spacial score (nSPS) is 15.6. The summed E-state index contributed by atoms with van der Waals surface area (Å²) in [6.07, 6.45) is 1.22. The van der Waals surface area contributed by atoms with Crippen molar-refractivity contribution in [2.45, 2.75) is 18.9 Å². The fourth-order valence-electron chi connectivity index (χ4n) is 4.49. The van der Waals surface area contributed by atoms with Gasteiger partial charge in [0.25, 0.3) is 0 Å². The molecular weight excluding hydrogens is 418 g/mol. The number of rotatable bonds is 8. The van der Waals surface area contributed by atoms with Crippen molar-refractivity contribution < 1.29 is 24.1 Å². The summed E-state index contributed by atoms with van der Waals surface area (Å²) in [5, 5.41) is 9.45. The smallest absolute Gasteiger partial charge is 0.306 e. The highest BCUT2D eigenvalue weighted by atomic mass is 16.5. The number of ether oxygens (including phenoxy) is 3. The van der Waals surface area contributed by atoms with E-state index in [0.29, 0.717) is 37.4 Å². The summed E-state index contributed by atoms with van der Waals surface area (Å²) < 4.78 is 17.4. The fraction of sp³-hybridized carbons (Fsp3) is 0.296. The van der Waals surface area contributed by atoms with Gasteiger partial charge in [0.2, 0.25) is 0 Å². The topological polar surface area (TPSA) is 68.2 Å². The number of piperidine rings is 1. The van der Waals surface area contributed by atoms with Gasteiger partial charge in [-0.2, -0.15) is 0 Å². The van der Waals surface area contributed by atoms with Crippen LogP contribution in [0, 0.1) is 5.92 Å². The van der Waals surface area contributed by atoms with Gasteiger partial charge in [0, 0.05) is 5.56 Å². The van der Waals surface area contributed by atoms with Crippen molar-refractivity contribution in [3.05, 3.63) is 83.9 Å². The lowest BCUT2D eigenvalue weighted by atomic mass is 9.90. The van der Waals surface area contributed by atoms with Gasteiger partial charge in [-0.25, -0.2) is 0 Å². The zero-order valence-corrected chi connectivity index (χ0v) is 18.9. The Balaban J connectivity index is 1.73. The second-order valence-electron chi connectivity index (χ2n) is 8.12. The van der Waals surface area contributed by atoms with Crippen LogP contribution >= 0.6 is 0 Å². The van der Waals surface area contributed by atoms with E-state index >= 15 is 0 Å². The van der Waals surface area contributed by atoms with E-state index in [1.54, 1.807) is 14.2 Å². The molecule has 6 heteroatoms. The lowest BCUT2D eigenvalue weighted by Gasteiger charge is -2.37. The van der Waals surface area contributed by atoms with Crippen molar-refractivity contribution in [3.8, 4) is 23.0 Å². The molecule has 1 fully saturated rings. The van der Waals surface area contributed by atoms with Crippen molar-refractivity contribution in [3.63, 3.8) is 0 Å². The van der Waals surface area contributed by atoms with Crippen LogP contribution < -0.4 is 14.2 Å². The third-order valence-electron chi connectivity index (χ3n) is 6.12. The predicted octanol–water partition coefficient (Wildman–Crippen LogP) is 5.38. The van der Waals surface area contributed by atoms with E-state index < -0.39 is 5.97 Å². The van der Waals surface area contributed by atoms with Crippen LogP contribution in [0.4, 0.5) is 0 Å². The third-order valence-corrected chi connectivity index (χ3v) is 6.12. The number of likely N-dealkylation sites (tertiary alicyclic amines) is 1. The molecule has 1 atom stereocenters. The molecule has 1 aliphatic rings. The van der Waals surface area contributed by atoms with Crippen LogP contribution in [0.3, 0.4) is 0 Å². The monoisotopic (exact) mass is 447 g/mol. The van der Waals surface area contributed by atoms with Gasteiger partial charge in [-0.05, 0) is 61.8 Å². The molecule has 0 spiro atoms. The number of hydrogen-bond donors (Lipinski definition) is 1. The van der Waals surface area contributed by atoms with Gasteiger partial charge in [0.15, 0.2) is 11.5 Å². The van der Waals surface area contributed by atoms with E-state index in [1.165, 1.54) is 0 Å². The molecule has 6 nitrogen and oxygen atoms in total. The van der Waals surface area contributed by atoms with E-state index in [-0.39, 0.29) is 12.0 Å². The number of carboxylic acids is 1. The number of nitrogens with zero attached hydrogens (tertiary/aromatic N) is 1. The first-order valence-electron chi connectivity index (χ1n) is 11.1. The van der Waals surface area contributed by atoms with Crippen LogP contribution in [0.1, 0.15) is 30.0 Å². The number of carbonyl (C=O) groups is 1. The second kappa shape index (κ2) is 10.4. The number of aliphatic carboxylic acids is 1. The summed E-state index contributed by atoms with van der Waals surface area (Å²) in [5.41, 5.74) is 2.02. The Hall–Kier alpha value is -3.51. The van der Waals surface area contributed by atoms with Gasteiger partial charge >= 0.3 is 5.97 Å². The van der Waals surface area contributed by atoms with Crippen molar-refractivity contribution in [2.75, 3.05) is 27.3 Å². The van der Waals surface area contributed by atoms with Crippen LogP contribution in [0.15, 0.2) is 72.8 Å². The Morgan fingerprint density at radius 2 is 1.61 bits per heavy atom. The summed E-state index contributed by atoms with van der Waals surface area (Å²) in [6, 6.07) is 23.5.